The molecule has 0 fully saturated rings. The number of ether oxygens (including phenoxy) is 1. The van der Waals surface area contributed by atoms with E-state index in [9.17, 15) is 0 Å². The van der Waals surface area contributed by atoms with Crippen LogP contribution in [0.15, 0.2) is 0 Å². The fourth-order valence-electron chi connectivity index (χ4n) is 2.92. The van der Waals surface area contributed by atoms with Gasteiger partial charge in [-0.25, -0.2) is 9.97 Å². The van der Waals surface area contributed by atoms with E-state index in [0.717, 1.165) is 42.5 Å². The summed E-state index contributed by atoms with van der Waals surface area (Å²) < 4.78 is 5.60. The van der Waals surface area contributed by atoms with Crippen molar-refractivity contribution in [1.29, 1.82) is 0 Å². The van der Waals surface area contributed by atoms with Gasteiger partial charge in [-0.2, -0.15) is 0 Å². The van der Waals surface area contributed by atoms with Gasteiger partial charge in [0.05, 0.1) is 11.5 Å². The Morgan fingerprint density at radius 2 is 2.14 bits per heavy atom. The van der Waals surface area contributed by atoms with Crippen LogP contribution in [-0.2, 0) is 24.0 Å². The Labute approximate surface area is 136 Å². The summed E-state index contributed by atoms with van der Waals surface area (Å²) in [4.78, 5) is 12.2. The molecular formula is C17H25N3OS. The molecule has 3 rings (SSSR count). The van der Waals surface area contributed by atoms with Crippen LogP contribution >= 0.6 is 11.3 Å². The number of hydrogen-bond acceptors (Lipinski definition) is 5. The van der Waals surface area contributed by atoms with Gasteiger partial charge in [0, 0.05) is 24.4 Å². The number of rotatable bonds is 7. The molecule has 0 spiro atoms. The Hall–Kier alpha value is -1.20. The van der Waals surface area contributed by atoms with E-state index in [0.29, 0.717) is 6.10 Å². The average Bonchev–Trinajstić information content (AvgIpc) is 3.06. The smallest absolute Gasteiger partial charge is 0.138 e. The van der Waals surface area contributed by atoms with E-state index in [1.807, 2.05) is 11.3 Å². The number of nitrogens with one attached hydrogen (secondary N) is 1. The third kappa shape index (κ3) is 3.25. The van der Waals surface area contributed by atoms with Crippen molar-refractivity contribution in [3.8, 4) is 0 Å². The lowest BCUT2D eigenvalue weighted by Crippen LogP contribution is -2.11. The number of aromatic nitrogens is 2. The lowest BCUT2D eigenvalue weighted by molar-refractivity contribution is 0.0787. The van der Waals surface area contributed by atoms with Crippen LogP contribution < -0.4 is 5.32 Å². The van der Waals surface area contributed by atoms with Crippen molar-refractivity contribution in [3.05, 3.63) is 16.3 Å². The molecule has 1 N–H and O–H groups in total. The highest BCUT2D eigenvalue weighted by molar-refractivity contribution is 7.19. The van der Waals surface area contributed by atoms with Gasteiger partial charge in [0.1, 0.15) is 16.5 Å². The lowest BCUT2D eigenvalue weighted by atomic mass is 10.2. The zero-order valence-corrected chi connectivity index (χ0v) is 14.6. The zero-order valence-electron chi connectivity index (χ0n) is 13.7. The van der Waals surface area contributed by atoms with Crippen LogP contribution in [0.2, 0.25) is 0 Å². The van der Waals surface area contributed by atoms with Crippen molar-refractivity contribution < 1.29 is 4.74 Å². The number of anilines is 1. The Morgan fingerprint density at radius 3 is 2.91 bits per heavy atom. The van der Waals surface area contributed by atoms with Crippen molar-refractivity contribution >= 4 is 27.4 Å². The van der Waals surface area contributed by atoms with Gasteiger partial charge < -0.3 is 10.1 Å². The first-order valence-corrected chi connectivity index (χ1v) is 9.17. The third-order valence-electron chi connectivity index (χ3n) is 3.99. The van der Waals surface area contributed by atoms with E-state index in [2.05, 4.69) is 26.1 Å². The predicted octanol–water partition coefficient (Wildman–Crippen LogP) is 3.97. The van der Waals surface area contributed by atoms with E-state index in [4.69, 9.17) is 14.7 Å². The van der Waals surface area contributed by atoms with Gasteiger partial charge in [0.25, 0.3) is 0 Å². The summed E-state index contributed by atoms with van der Waals surface area (Å²) in [7, 11) is 0. The summed E-state index contributed by atoms with van der Waals surface area (Å²) in [5, 5.41) is 4.80. The molecule has 0 atom stereocenters. The molecular weight excluding hydrogens is 294 g/mol. The SMILES string of the molecule is CCc1nc(NCCCOC(C)C)c2c3c(sc2n1)CCC3. The topological polar surface area (TPSA) is 47.0 Å². The zero-order chi connectivity index (χ0) is 15.5. The van der Waals surface area contributed by atoms with Crippen LogP contribution in [0, 0.1) is 0 Å². The molecule has 0 saturated carbocycles. The summed E-state index contributed by atoms with van der Waals surface area (Å²) in [5.41, 5.74) is 1.49. The molecule has 5 heteroatoms. The lowest BCUT2D eigenvalue weighted by Gasteiger charge is -2.11. The summed E-state index contributed by atoms with van der Waals surface area (Å²) in [6.07, 6.45) is 5.84. The number of nitrogens with zero attached hydrogens (tertiary/aromatic N) is 2. The average molecular weight is 319 g/mol. The minimum Gasteiger partial charge on any atom is -0.379 e. The molecule has 4 nitrogen and oxygen atoms in total. The van der Waals surface area contributed by atoms with Crippen LogP contribution in [0.25, 0.3) is 10.2 Å². The molecule has 0 bridgehead atoms. The largest absolute Gasteiger partial charge is 0.379 e. The van der Waals surface area contributed by atoms with Crippen LogP contribution in [0.5, 0.6) is 0 Å². The summed E-state index contributed by atoms with van der Waals surface area (Å²) in [6, 6.07) is 0. The Balaban J connectivity index is 1.78. The van der Waals surface area contributed by atoms with Crippen molar-refractivity contribution in [1.82, 2.24) is 9.97 Å². The molecule has 2 aromatic heterocycles. The highest BCUT2D eigenvalue weighted by Crippen LogP contribution is 2.39. The minimum absolute atomic E-state index is 0.303. The molecule has 0 aromatic carbocycles. The van der Waals surface area contributed by atoms with Gasteiger partial charge in [-0.05, 0) is 45.1 Å². The molecule has 0 aliphatic heterocycles. The molecule has 0 radical (unpaired) electrons. The number of fused-ring (bicyclic) bond motifs is 3. The van der Waals surface area contributed by atoms with Crippen molar-refractivity contribution in [2.75, 3.05) is 18.5 Å². The van der Waals surface area contributed by atoms with Gasteiger partial charge in [0.15, 0.2) is 0 Å². The van der Waals surface area contributed by atoms with Crippen molar-refractivity contribution in [3.63, 3.8) is 0 Å². The molecule has 0 unspecified atom stereocenters. The second-order valence-corrected chi connectivity index (χ2v) is 7.16. The maximum atomic E-state index is 5.60. The van der Waals surface area contributed by atoms with Gasteiger partial charge in [-0.3, -0.25) is 0 Å². The molecule has 2 heterocycles. The standard InChI is InChI=1S/C17H25N3OS/c1-4-14-19-16(18-9-6-10-21-11(2)3)15-12-7-5-8-13(12)22-17(15)20-14/h11H,4-10H2,1-3H3,(H,18,19,20). The number of hydrogen-bond donors (Lipinski definition) is 1. The van der Waals surface area contributed by atoms with E-state index >= 15 is 0 Å². The molecule has 1 aliphatic rings. The van der Waals surface area contributed by atoms with Crippen LogP contribution in [0.3, 0.4) is 0 Å². The van der Waals surface area contributed by atoms with Crippen molar-refractivity contribution in [2.45, 2.75) is 59.0 Å². The van der Waals surface area contributed by atoms with E-state index < -0.39 is 0 Å². The maximum absolute atomic E-state index is 5.60. The molecule has 2 aromatic rings. The number of thiophene rings is 1. The first-order chi connectivity index (χ1) is 10.7. The third-order valence-corrected chi connectivity index (χ3v) is 5.18. The second-order valence-electron chi connectivity index (χ2n) is 6.08. The van der Waals surface area contributed by atoms with Gasteiger partial charge in [-0.15, -0.1) is 11.3 Å². The second kappa shape index (κ2) is 6.92. The van der Waals surface area contributed by atoms with Gasteiger partial charge >= 0.3 is 0 Å². The first kappa shape index (κ1) is 15.7. The summed E-state index contributed by atoms with van der Waals surface area (Å²) in [6.45, 7) is 7.95. The molecule has 120 valence electrons. The van der Waals surface area contributed by atoms with E-state index in [1.165, 1.54) is 35.1 Å². The quantitative estimate of drug-likeness (QED) is 0.785. The van der Waals surface area contributed by atoms with E-state index in [-0.39, 0.29) is 0 Å². The Morgan fingerprint density at radius 1 is 1.27 bits per heavy atom. The fourth-order valence-corrected chi connectivity index (χ4v) is 4.20. The van der Waals surface area contributed by atoms with Gasteiger partial charge in [0.2, 0.25) is 0 Å². The Bertz CT molecular complexity index is 651. The minimum atomic E-state index is 0.303. The summed E-state index contributed by atoms with van der Waals surface area (Å²) >= 11 is 1.86. The molecule has 0 amide bonds. The van der Waals surface area contributed by atoms with Crippen LogP contribution in [0.4, 0.5) is 5.82 Å². The molecule has 0 saturated heterocycles. The molecule has 22 heavy (non-hydrogen) atoms. The fraction of sp³-hybridized carbons (Fsp3) is 0.647. The Kier molecular flexibility index (Phi) is 4.93. The predicted molar refractivity (Wildman–Crippen MR) is 93.0 cm³/mol. The van der Waals surface area contributed by atoms with Gasteiger partial charge in [-0.1, -0.05) is 6.92 Å². The van der Waals surface area contributed by atoms with Crippen molar-refractivity contribution in [2.24, 2.45) is 0 Å². The molecule has 1 aliphatic carbocycles. The van der Waals surface area contributed by atoms with Crippen LogP contribution in [0.1, 0.15) is 49.9 Å². The van der Waals surface area contributed by atoms with Crippen LogP contribution in [-0.4, -0.2) is 29.2 Å². The normalized spacial score (nSPS) is 14.0. The monoisotopic (exact) mass is 319 g/mol. The highest BCUT2D eigenvalue weighted by Gasteiger charge is 2.21. The number of aryl methyl sites for hydroxylation is 3. The first-order valence-electron chi connectivity index (χ1n) is 8.35. The highest BCUT2D eigenvalue weighted by atomic mass is 32.1. The van der Waals surface area contributed by atoms with E-state index in [1.54, 1.807) is 0 Å². The summed E-state index contributed by atoms with van der Waals surface area (Å²) in [5.74, 6) is 1.97. The maximum Gasteiger partial charge on any atom is 0.138 e.